The highest BCUT2D eigenvalue weighted by Crippen LogP contribution is 2.23. The Morgan fingerprint density at radius 1 is 1.63 bits per heavy atom. The molecule has 1 aromatic carbocycles. The van der Waals surface area contributed by atoms with E-state index in [1.165, 1.54) is 25.3 Å². The lowest BCUT2D eigenvalue weighted by molar-refractivity contribution is 0.0693. The Hall–Kier alpha value is -3.08. The molecule has 8 nitrogen and oxygen atoms in total. The van der Waals surface area contributed by atoms with Gasteiger partial charge in [-0.05, 0) is 12.1 Å². The second kappa shape index (κ2) is 6.02. The summed E-state index contributed by atoms with van der Waals surface area (Å²) in [4.78, 5) is 10.9. The maximum Gasteiger partial charge on any atom is 0.339 e. The molecule has 0 amide bonds. The number of nitrogens with two attached hydrogens (primary N) is 1. The van der Waals surface area contributed by atoms with Crippen LogP contribution < -0.4 is 15.9 Å². The summed E-state index contributed by atoms with van der Waals surface area (Å²) in [5, 5.41) is 28.2. The van der Waals surface area contributed by atoms with Crippen LogP contribution in [0.4, 0.5) is 5.69 Å². The van der Waals surface area contributed by atoms with Crippen LogP contribution >= 0.6 is 0 Å². The second-order valence-electron chi connectivity index (χ2n) is 3.32. The lowest BCUT2D eigenvalue weighted by Crippen LogP contribution is -2.21. The lowest BCUT2D eigenvalue weighted by atomic mass is 10.2. The number of ether oxygens (including phenoxy) is 1. The first-order chi connectivity index (χ1) is 8.99. The highest BCUT2D eigenvalue weighted by atomic mass is 16.5. The average molecular weight is 261 g/mol. The molecule has 0 unspecified atom stereocenters. The molecule has 0 atom stereocenters. The minimum absolute atomic E-state index is 0.00380. The van der Waals surface area contributed by atoms with Crippen LogP contribution in [0.2, 0.25) is 0 Å². The zero-order valence-corrected chi connectivity index (χ0v) is 9.97. The van der Waals surface area contributed by atoms with Crippen molar-refractivity contribution in [1.29, 1.82) is 10.7 Å². The molecule has 0 fully saturated rings. The fourth-order valence-electron chi connectivity index (χ4n) is 1.20. The Kier molecular flexibility index (Phi) is 4.43. The number of carboxylic acids is 1. The van der Waals surface area contributed by atoms with E-state index in [0.717, 1.165) is 0 Å². The highest BCUT2D eigenvalue weighted by molar-refractivity contribution is 6.45. The molecule has 0 radical (unpaired) electrons. The van der Waals surface area contributed by atoms with Gasteiger partial charge in [0.1, 0.15) is 17.4 Å². The number of hydrazone groups is 1. The molecule has 0 saturated heterocycles. The van der Waals surface area contributed by atoms with Gasteiger partial charge in [-0.2, -0.15) is 10.4 Å². The van der Waals surface area contributed by atoms with Gasteiger partial charge in [-0.15, -0.1) is 0 Å². The Balaban J connectivity index is 3.02. The van der Waals surface area contributed by atoms with Crippen LogP contribution in [-0.2, 0) is 0 Å². The van der Waals surface area contributed by atoms with Crippen molar-refractivity contribution < 1.29 is 14.6 Å². The molecule has 8 heteroatoms. The number of carboxylic acid groups (broad SMARTS) is 1. The number of amidine groups is 1. The van der Waals surface area contributed by atoms with Gasteiger partial charge < -0.3 is 15.6 Å². The third kappa shape index (κ3) is 3.44. The van der Waals surface area contributed by atoms with E-state index < -0.39 is 11.8 Å². The van der Waals surface area contributed by atoms with Gasteiger partial charge in [0.25, 0.3) is 0 Å². The Morgan fingerprint density at radius 3 is 2.79 bits per heavy atom. The van der Waals surface area contributed by atoms with Crippen LogP contribution in [0.15, 0.2) is 23.3 Å². The number of nitriles is 1. The first kappa shape index (κ1) is 14.0. The normalized spacial score (nSPS) is 10.4. The van der Waals surface area contributed by atoms with Gasteiger partial charge >= 0.3 is 5.97 Å². The molecular formula is C11H11N5O3. The molecule has 1 rings (SSSR count). The van der Waals surface area contributed by atoms with Gasteiger partial charge in [0.15, 0.2) is 5.84 Å². The molecule has 5 N–H and O–H groups in total. The number of nitrogens with one attached hydrogen (secondary N) is 2. The number of rotatable bonds is 5. The van der Waals surface area contributed by atoms with Crippen molar-refractivity contribution in [2.45, 2.75) is 0 Å². The lowest BCUT2D eigenvalue weighted by Gasteiger charge is -2.07. The molecule has 0 aliphatic carbocycles. The van der Waals surface area contributed by atoms with Gasteiger partial charge in [0.2, 0.25) is 5.71 Å². The summed E-state index contributed by atoms with van der Waals surface area (Å²) in [6, 6.07) is 5.83. The van der Waals surface area contributed by atoms with E-state index in [1.807, 2.05) is 0 Å². The molecule has 98 valence electrons. The Morgan fingerprint density at radius 2 is 2.32 bits per heavy atom. The smallest absolute Gasteiger partial charge is 0.339 e. The topological polar surface area (TPSA) is 145 Å². The molecule has 19 heavy (non-hydrogen) atoms. The zero-order chi connectivity index (χ0) is 14.4. The Bertz CT molecular complexity index is 588. The highest BCUT2D eigenvalue weighted by Gasteiger charge is 2.11. The number of nitrogens with zero attached hydrogens (tertiary/aromatic N) is 2. The van der Waals surface area contributed by atoms with E-state index >= 15 is 0 Å². The van der Waals surface area contributed by atoms with Crippen LogP contribution in [-0.4, -0.2) is 29.7 Å². The molecule has 0 aliphatic heterocycles. The summed E-state index contributed by atoms with van der Waals surface area (Å²) in [6.07, 6.45) is 0. The van der Waals surface area contributed by atoms with Gasteiger partial charge in [-0.1, -0.05) is 0 Å². The molecule has 0 aromatic heterocycles. The quantitative estimate of drug-likeness (QED) is 0.347. The summed E-state index contributed by atoms with van der Waals surface area (Å²) < 4.78 is 4.93. The summed E-state index contributed by atoms with van der Waals surface area (Å²) in [6.45, 7) is 0. The third-order valence-electron chi connectivity index (χ3n) is 2.09. The largest absolute Gasteiger partial charge is 0.496 e. The van der Waals surface area contributed by atoms with E-state index in [1.54, 1.807) is 6.07 Å². The number of carbonyl (C=O) groups is 1. The van der Waals surface area contributed by atoms with E-state index in [0.29, 0.717) is 5.69 Å². The van der Waals surface area contributed by atoms with Crippen molar-refractivity contribution in [3.05, 3.63) is 23.8 Å². The van der Waals surface area contributed by atoms with Crippen molar-refractivity contribution in [2.24, 2.45) is 10.8 Å². The number of benzene rings is 1. The van der Waals surface area contributed by atoms with Gasteiger partial charge in [-0.25, -0.2) is 4.79 Å². The van der Waals surface area contributed by atoms with Gasteiger partial charge in [-0.3, -0.25) is 10.8 Å². The molecule has 0 bridgehead atoms. The maximum atomic E-state index is 10.9. The minimum Gasteiger partial charge on any atom is -0.496 e. The fourth-order valence-corrected chi connectivity index (χ4v) is 1.20. The van der Waals surface area contributed by atoms with Crippen molar-refractivity contribution in [2.75, 3.05) is 12.5 Å². The number of anilines is 1. The van der Waals surface area contributed by atoms with E-state index in [4.69, 9.17) is 26.2 Å². The van der Waals surface area contributed by atoms with E-state index in [9.17, 15) is 4.79 Å². The SMILES string of the molecule is COc1cc(N/N=C(\C#N)C(=N)N)ccc1C(=O)O. The van der Waals surface area contributed by atoms with Crippen molar-refractivity contribution in [1.82, 2.24) is 0 Å². The van der Waals surface area contributed by atoms with Gasteiger partial charge in [0.05, 0.1) is 12.8 Å². The summed E-state index contributed by atoms with van der Waals surface area (Å²) in [5.41, 5.74) is 7.73. The van der Waals surface area contributed by atoms with E-state index in [-0.39, 0.29) is 17.0 Å². The second-order valence-corrected chi connectivity index (χ2v) is 3.32. The Labute approximate surface area is 108 Å². The van der Waals surface area contributed by atoms with Crippen LogP contribution in [0.1, 0.15) is 10.4 Å². The van der Waals surface area contributed by atoms with E-state index in [2.05, 4.69) is 10.5 Å². The number of aromatic carboxylic acids is 1. The standard InChI is InChI=1S/C11H11N5O3/c1-19-9-4-6(2-3-7(9)11(17)18)15-16-8(5-12)10(13)14/h2-4,15H,1H3,(H3,13,14)(H,17,18)/b16-8+. The van der Waals surface area contributed by atoms with Crippen LogP contribution in [0.5, 0.6) is 5.75 Å². The first-order valence-electron chi connectivity index (χ1n) is 4.99. The third-order valence-corrected chi connectivity index (χ3v) is 2.09. The number of methoxy groups -OCH3 is 1. The van der Waals surface area contributed by atoms with Gasteiger partial charge in [0, 0.05) is 6.07 Å². The first-order valence-corrected chi connectivity index (χ1v) is 4.99. The predicted molar refractivity (Wildman–Crippen MR) is 68.5 cm³/mol. The molecule has 0 saturated carbocycles. The van der Waals surface area contributed by atoms with Crippen LogP contribution in [0, 0.1) is 16.7 Å². The molecule has 0 heterocycles. The summed E-state index contributed by atoms with van der Waals surface area (Å²) >= 11 is 0. The van der Waals surface area contributed by atoms with Crippen molar-refractivity contribution in [3.8, 4) is 11.8 Å². The molecule has 1 aromatic rings. The monoisotopic (exact) mass is 261 g/mol. The molecular weight excluding hydrogens is 250 g/mol. The molecule has 0 aliphatic rings. The van der Waals surface area contributed by atoms with Crippen molar-refractivity contribution >= 4 is 23.2 Å². The zero-order valence-electron chi connectivity index (χ0n) is 9.97. The summed E-state index contributed by atoms with van der Waals surface area (Å²) in [7, 11) is 1.34. The van der Waals surface area contributed by atoms with Crippen molar-refractivity contribution in [3.63, 3.8) is 0 Å². The van der Waals surface area contributed by atoms with Crippen LogP contribution in [0.3, 0.4) is 0 Å². The average Bonchev–Trinajstić information content (AvgIpc) is 2.38. The number of hydrogen-bond donors (Lipinski definition) is 4. The summed E-state index contributed by atoms with van der Waals surface area (Å²) in [5.74, 6) is -1.44. The maximum absolute atomic E-state index is 10.9. The fraction of sp³-hybridized carbons (Fsp3) is 0.0909. The minimum atomic E-state index is -1.12. The van der Waals surface area contributed by atoms with Crippen LogP contribution in [0.25, 0.3) is 0 Å². The number of hydrogen-bond acceptors (Lipinski definition) is 6. The molecule has 0 spiro atoms. The predicted octanol–water partition coefficient (Wildman–Crippen LogP) is 0.621.